The Hall–Kier alpha value is -0.260. The van der Waals surface area contributed by atoms with Crippen LogP contribution >= 0.6 is 0 Å². The SMILES string of the molecule is [CH2]C(C)C(C)C(=C)C. The third-order valence-electron chi connectivity index (χ3n) is 1.63. The maximum Gasteiger partial charge on any atom is -0.0211 e. The topological polar surface area (TPSA) is 0 Å². The minimum Gasteiger partial charge on any atom is -0.0999 e. The third kappa shape index (κ3) is 2.15. The summed E-state index contributed by atoms with van der Waals surface area (Å²) in [4.78, 5) is 0. The largest absolute Gasteiger partial charge is 0.0999 e. The predicted octanol–water partition coefficient (Wildman–Crippen LogP) is 2.67. The molecular weight excluding hydrogens is 96.1 g/mol. The number of hydrogen-bond acceptors (Lipinski definition) is 0. The Morgan fingerprint density at radius 3 is 1.75 bits per heavy atom. The van der Waals surface area contributed by atoms with Crippen LogP contribution in [0.2, 0.25) is 0 Å². The molecule has 0 aromatic heterocycles. The van der Waals surface area contributed by atoms with Crippen molar-refractivity contribution in [3.8, 4) is 0 Å². The van der Waals surface area contributed by atoms with Gasteiger partial charge in [0, 0.05) is 0 Å². The molecule has 0 aromatic carbocycles. The van der Waals surface area contributed by atoms with Crippen molar-refractivity contribution in [2.45, 2.75) is 20.8 Å². The Kier molecular flexibility index (Phi) is 2.81. The Morgan fingerprint density at radius 2 is 1.75 bits per heavy atom. The van der Waals surface area contributed by atoms with Gasteiger partial charge in [-0.2, -0.15) is 0 Å². The molecule has 8 heavy (non-hydrogen) atoms. The van der Waals surface area contributed by atoms with Crippen LogP contribution < -0.4 is 0 Å². The molecule has 0 rings (SSSR count). The molecule has 0 N–H and O–H groups in total. The van der Waals surface area contributed by atoms with E-state index in [4.69, 9.17) is 0 Å². The van der Waals surface area contributed by atoms with Crippen LogP contribution in [-0.2, 0) is 0 Å². The van der Waals surface area contributed by atoms with E-state index in [-0.39, 0.29) is 0 Å². The van der Waals surface area contributed by atoms with E-state index in [1.807, 2.05) is 6.92 Å². The molecule has 0 aliphatic carbocycles. The Bertz CT molecular complexity index is 80.0. The van der Waals surface area contributed by atoms with E-state index in [2.05, 4.69) is 27.4 Å². The molecule has 0 nitrogen and oxygen atoms in total. The molecule has 0 aromatic rings. The lowest BCUT2D eigenvalue weighted by Gasteiger charge is -2.13. The number of rotatable bonds is 2. The average molecular weight is 111 g/mol. The van der Waals surface area contributed by atoms with E-state index in [0.29, 0.717) is 11.8 Å². The maximum atomic E-state index is 3.90. The summed E-state index contributed by atoms with van der Waals surface area (Å²) in [6.45, 7) is 14.0. The molecular formula is C8H15. The van der Waals surface area contributed by atoms with Crippen LogP contribution in [0.5, 0.6) is 0 Å². The summed E-state index contributed by atoms with van der Waals surface area (Å²) in [5.74, 6) is 1.06. The van der Waals surface area contributed by atoms with E-state index in [0.717, 1.165) is 0 Å². The molecule has 0 heteroatoms. The lowest BCUT2D eigenvalue weighted by Crippen LogP contribution is -2.03. The van der Waals surface area contributed by atoms with Crippen molar-refractivity contribution in [1.82, 2.24) is 0 Å². The van der Waals surface area contributed by atoms with Crippen LogP contribution in [0.4, 0.5) is 0 Å². The summed E-state index contributed by atoms with van der Waals surface area (Å²) >= 11 is 0. The van der Waals surface area contributed by atoms with Gasteiger partial charge in [0.2, 0.25) is 0 Å². The van der Waals surface area contributed by atoms with E-state index >= 15 is 0 Å². The molecule has 0 aliphatic heterocycles. The average Bonchev–Trinajstić information content (AvgIpc) is 1.64. The highest BCUT2D eigenvalue weighted by molar-refractivity contribution is 4.96. The Balaban J connectivity index is 3.64. The molecule has 0 bridgehead atoms. The van der Waals surface area contributed by atoms with Crippen molar-refractivity contribution in [1.29, 1.82) is 0 Å². The van der Waals surface area contributed by atoms with Crippen LogP contribution in [0.15, 0.2) is 12.2 Å². The van der Waals surface area contributed by atoms with Crippen LogP contribution in [0.1, 0.15) is 20.8 Å². The third-order valence-corrected chi connectivity index (χ3v) is 1.63. The fourth-order valence-electron chi connectivity index (χ4n) is 0.486. The highest BCUT2D eigenvalue weighted by Gasteiger charge is 2.05. The molecule has 0 fully saturated rings. The van der Waals surface area contributed by atoms with Gasteiger partial charge in [-0.15, -0.1) is 0 Å². The predicted molar refractivity (Wildman–Crippen MR) is 38.5 cm³/mol. The summed E-state index contributed by atoms with van der Waals surface area (Å²) in [5, 5.41) is 0. The minimum absolute atomic E-state index is 0.493. The molecule has 0 saturated heterocycles. The molecule has 47 valence electrons. The molecule has 0 amide bonds. The van der Waals surface area contributed by atoms with Crippen molar-refractivity contribution in [3.63, 3.8) is 0 Å². The Morgan fingerprint density at radius 1 is 1.38 bits per heavy atom. The van der Waals surface area contributed by atoms with Crippen LogP contribution in [-0.4, -0.2) is 0 Å². The van der Waals surface area contributed by atoms with E-state index in [1.54, 1.807) is 0 Å². The summed E-state index contributed by atoms with van der Waals surface area (Å²) in [7, 11) is 0. The monoisotopic (exact) mass is 111 g/mol. The summed E-state index contributed by atoms with van der Waals surface area (Å²) in [6, 6.07) is 0. The normalized spacial score (nSPS) is 14.1. The van der Waals surface area contributed by atoms with Crippen molar-refractivity contribution in [2.75, 3.05) is 0 Å². The van der Waals surface area contributed by atoms with Gasteiger partial charge in [0.05, 0.1) is 0 Å². The van der Waals surface area contributed by atoms with Gasteiger partial charge in [0.1, 0.15) is 0 Å². The zero-order valence-electron chi connectivity index (χ0n) is 6.07. The van der Waals surface area contributed by atoms with Crippen molar-refractivity contribution in [2.24, 2.45) is 11.8 Å². The fraction of sp³-hybridized carbons (Fsp3) is 0.625. The second-order valence-corrected chi connectivity index (χ2v) is 2.61. The first-order chi connectivity index (χ1) is 3.55. The number of allylic oxidation sites excluding steroid dienone is 1. The van der Waals surface area contributed by atoms with Gasteiger partial charge >= 0.3 is 0 Å². The van der Waals surface area contributed by atoms with Crippen molar-refractivity contribution >= 4 is 0 Å². The summed E-state index contributed by atoms with van der Waals surface area (Å²) < 4.78 is 0. The maximum absolute atomic E-state index is 3.90. The molecule has 2 unspecified atom stereocenters. The van der Waals surface area contributed by atoms with E-state index in [9.17, 15) is 0 Å². The highest BCUT2D eigenvalue weighted by atomic mass is 14.1. The van der Waals surface area contributed by atoms with Gasteiger partial charge in [0.15, 0.2) is 0 Å². The Labute approximate surface area is 52.6 Å². The van der Waals surface area contributed by atoms with Crippen LogP contribution in [0, 0.1) is 18.8 Å². The first-order valence-corrected chi connectivity index (χ1v) is 3.04. The molecule has 0 saturated carbocycles. The standard InChI is InChI=1S/C8H15/c1-6(2)8(5)7(3)4/h6,8H,1,3H2,2,4-5H3. The van der Waals surface area contributed by atoms with Gasteiger partial charge in [-0.3, -0.25) is 0 Å². The zero-order chi connectivity index (χ0) is 6.73. The van der Waals surface area contributed by atoms with Gasteiger partial charge in [0.25, 0.3) is 0 Å². The minimum atomic E-state index is 0.493. The molecule has 0 heterocycles. The molecule has 1 radical (unpaired) electrons. The van der Waals surface area contributed by atoms with Gasteiger partial charge in [-0.1, -0.05) is 26.0 Å². The smallest absolute Gasteiger partial charge is 0.0211 e. The zero-order valence-corrected chi connectivity index (χ0v) is 6.07. The van der Waals surface area contributed by atoms with E-state index < -0.39 is 0 Å². The lowest BCUT2D eigenvalue weighted by molar-refractivity contribution is 0.527. The van der Waals surface area contributed by atoms with E-state index in [1.165, 1.54) is 5.57 Å². The van der Waals surface area contributed by atoms with Crippen molar-refractivity contribution < 1.29 is 0 Å². The second kappa shape index (κ2) is 2.91. The highest BCUT2D eigenvalue weighted by Crippen LogP contribution is 2.16. The van der Waals surface area contributed by atoms with Crippen LogP contribution in [0.3, 0.4) is 0 Å². The quantitative estimate of drug-likeness (QED) is 0.480. The van der Waals surface area contributed by atoms with Crippen molar-refractivity contribution in [3.05, 3.63) is 19.1 Å². The summed E-state index contributed by atoms with van der Waals surface area (Å²) in [6.07, 6.45) is 0. The summed E-state index contributed by atoms with van der Waals surface area (Å²) in [5.41, 5.74) is 1.23. The number of hydrogen-bond donors (Lipinski definition) is 0. The lowest BCUT2D eigenvalue weighted by atomic mass is 9.92. The van der Waals surface area contributed by atoms with Gasteiger partial charge in [-0.05, 0) is 25.7 Å². The molecule has 2 atom stereocenters. The first kappa shape index (κ1) is 7.74. The fourth-order valence-corrected chi connectivity index (χ4v) is 0.486. The molecule has 0 spiro atoms. The second-order valence-electron chi connectivity index (χ2n) is 2.61. The first-order valence-electron chi connectivity index (χ1n) is 3.04. The molecule has 0 aliphatic rings. The van der Waals surface area contributed by atoms with Gasteiger partial charge < -0.3 is 0 Å². The van der Waals surface area contributed by atoms with Gasteiger partial charge in [-0.25, -0.2) is 0 Å². The van der Waals surface area contributed by atoms with Crippen LogP contribution in [0.25, 0.3) is 0 Å².